The van der Waals surface area contributed by atoms with E-state index in [1.54, 1.807) is 19.0 Å². The van der Waals surface area contributed by atoms with E-state index >= 15 is 0 Å². The van der Waals surface area contributed by atoms with Gasteiger partial charge in [0.25, 0.3) is 0 Å². The number of hydrogen-bond acceptors (Lipinski definition) is 2. The van der Waals surface area contributed by atoms with Crippen LogP contribution in [0.5, 0.6) is 0 Å². The summed E-state index contributed by atoms with van der Waals surface area (Å²) in [6.45, 7) is 4.32. The standard InChI is InChI=1S/C10H20N2O2/c1-4-12(10(13)11(2)3)8-9-6-5-7-14-9/h9H,4-8H2,1-3H3. The van der Waals surface area contributed by atoms with Gasteiger partial charge in [-0.1, -0.05) is 0 Å². The lowest BCUT2D eigenvalue weighted by atomic mass is 10.2. The molecule has 2 amide bonds. The van der Waals surface area contributed by atoms with Gasteiger partial charge in [0.2, 0.25) is 0 Å². The van der Waals surface area contributed by atoms with Gasteiger partial charge in [-0.3, -0.25) is 0 Å². The zero-order valence-corrected chi connectivity index (χ0v) is 9.32. The number of amides is 2. The van der Waals surface area contributed by atoms with E-state index in [0.717, 1.165) is 32.5 Å². The molecule has 1 unspecified atom stereocenters. The summed E-state index contributed by atoms with van der Waals surface area (Å²) in [5.74, 6) is 0. The molecule has 1 rings (SSSR count). The Morgan fingerprint density at radius 1 is 1.50 bits per heavy atom. The van der Waals surface area contributed by atoms with Crippen LogP contribution in [0.4, 0.5) is 4.79 Å². The summed E-state index contributed by atoms with van der Waals surface area (Å²) in [6, 6.07) is 0.0722. The predicted octanol–water partition coefficient (Wildman–Crippen LogP) is 1.17. The highest BCUT2D eigenvalue weighted by Gasteiger charge is 2.22. The third-order valence-corrected chi connectivity index (χ3v) is 2.48. The number of urea groups is 1. The maximum Gasteiger partial charge on any atom is 0.319 e. The summed E-state index contributed by atoms with van der Waals surface area (Å²) in [4.78, 5) is 15.1. The number of hydrogen-bond donors (Lipinski definition) is 0. The fourth-order valence-corrected chi connectivity index (χ4v) is 1.66. The lowest BCUT2D eigenvalue weighted by Crippen LogP contribution is -2.42. The number of carbonyl (C=O) groups excluding carboxylic acids is 1. The molecule has 1 fully saturated rings. The molecule has 0 radical (unpaired) electrons. The molecule has 4 nitrogen and oxygen atoms in total. The second-order valence-electron chi connectivity index (χ2n) is 3.85. The Bertz CT molecular complexity index is 189. The summed E-state index contributed by atoms with van der Waals surface area (Å²) >= 11 is 0. The predicted molar refractivity (Wildman–Crippen MR) is 55.3 cm³/mol. The average molecular weight is 200 g/mol. The van der Waals surface area contributed by atoms with E-state index in [2.05, 4.69) is 0 Å². The molecule has 1 atom stereocenters. The zero-order chi connectivity index (χ0) is 10.6. The van der Waals surface area contributed by atoms with Gasteiger partial charge < -0.3 is 14.5 Å². The summed E-state index contributed by atoms with van der Waals surface area (Å²) in [5, 5.41) is 0. The van der Waals surface area contributed by atoms with Gasteiger partial charge >= 0.3 is 6.03 Å². The molecule has 1 aliphatic heterocycles. The van der Waals surface area contributed by atoms with E-state index in [0.29, 0.717) is 0 Å². The quantitative estimate of drug-likeness (QED) is 0.685. The molecule has 0 spiro atoms. The van der Waals surface area contributed by atoms with Crippen LogP contribution in [0.1, 0.15) is 19.8 Å². The third-order valence-electron chi connectivity index (χ3n) is 2.48. The highest BCUT2D eigenvalue weighted by molar-refractivity contribution is 5.73. The molecule has 0 N–H and O–H groups in total. The van der Waals surface area contributed by atoms with Gasteiger partial charge in [-0.2, -0.15) is 0 Å². The van der Waals surface area contributed by atoms with Gasteiger partial charge in [0.1, 0.15) is 0 Å². The molecule has 0 saturated carbocycles. The first kappa shape index (κ1) is 11.3. The first-order chi connectivity index (χ1) is 6.65. The molecular formula is C10H20N2O2. The van der Waals surface area contributed by atoms with Crippen molar-refractivity contribution in [3.05, 3.63) is 0 Å². The normalized spacial score (nSPS) is 20.9. The smallest absolute Gasteiger partial charge is 0.319 e. The first-order valence-corrected chi connectivity index (χ1v) is 5.23. The zero-order valence-electron chi connectivity index (χ0n) is 9.32. The largest absolute Gasteiger partial charge is 0.376 e. The van der Waals surface area contributed by atoms with E-state index in [4.69, 9.17) is 4.74 Å². The number of likely N-dealkylation sites (N-methyl/N-ethyl adjacent to an activating group) is 1. The molecule has 1 aliphatic rings. The minimum Gasteiger partial charge on any atom is -0.376 e. The number of carbonyl (C=O) groups is 1. The Kier molecular flexibility index (Phi) is 4.20. The Labute approximate surface area is 85.8 Å². The molecule has 14 heavy (non-hydrogen) atoms. The van der Waals surface area contributed by atoms with Crippen LogP contribution < -0.4 is 0 Å². The van der Waals surface area contributed by atoms with Crippen molar-refractivity contribution in [3.63, 3.8) is 0 Å². The molecule has 0 aromatic carbocycles. The van der Waals surface area contributed by atoms with E-state index < -0.39 is 0 Å². The maximum absolute atomic E-state index is 11.7. The van der Waals surface area contributed by atoms with E-state index in [1.807, 2.05) is 11.8 Å². The summed E-state index contributed by atoms with van der Waals surface area (Å²) in [6.07, 6.45) is 2.45. The van der Waals surface area contributed by atoms with Crippen LogP contribution in [0.3, 0.4) is 0 Å². The van der Waals surface area contributed by atoms with E-state index in [-0.39, 0.29) is 12.1 Å². The molecule has 0 aliphatic carbocycles. The summed E-state index contributed by atoms with van der Waals surface area (Å²) in [7, 11) is 3.56. The third kappa shape index (κ3) is 2.87. The van der Waals surface area contributed by atoms with Crippen molar-refractivity contribution < 1.29 is 9.53 Å². The fraction of sp³-hybridized carbons (Fsp3) is 0.900. The second-order valence-corrected chi connectivity index (χ2v) is 3.85. The van der Waals surface area contributed by atoms with Crippen molar-refractivity contribution in [2.24, 2.45) is 0 Å². The van der Waals surface area contributed by atoms with Crippen LogP contribution in [0.15, 0.2) is 0 Å². The van der Waals surface area contributed by atoms with Crippen molar-refractivity contribution in [3.8, 4) is 0 Å². The number of rotatable bonds is 3. The summed E-state index contributed by atoms with van der Waals surface area (Å²) < 4.78 is 5.50. The van der Waals surface area contributed by atoms with Gasteiger partial charge in [-0.15, -0.1) is 0 Å². The first-order valence-electron chi connectivity index (χ1n) is 5.23. The lowest BCUT2D eigenvalue weighted by molar-refractivity contribution is 0.0778. The lowest BCUT2D eigenvalue weighted by Gasteiger charge is -2.26. The molecule has 82 valence electrons. The molecular weight excluding hydrogens is 180 g/mol. The van der Waals surface area contributed by atoms with Crippen LogP contribution in [0, 0.1) is 0 Å². The SMILES string of the molecule is CCN(CC1CCCO1)C(=O)N(C)C. The van der Waals surface area contributed by atoms with Crippen LogP contribution >= 0.6 is 0 Å². The maximum atomic E-state index is 11.7. The van der Waals surface area contributed by atoms with Gasteiger partial charge in [-0.05, 0) is 19.8 Å². The minimum atomic E-state index is 0.0722. The van der Waals surface area contributed by atoms with Crippen molar-refractivity contribution >= 4 is 6.03 Å². The van der Waals surface area contributed by atoms with Crippen LogP contribution in [-0.2, 0) is 4.74 Å². The van der Waals surface area contributed by atoms with Crippen molar-refractivity contribution in [2.75, 3.05) is 33.8 Å². The average Bonchev–Trinajstić information content (AvgIpc) is 2.65. The molecule has 0 aromatic rings. The Balaban J connectivity index is 2.41. The topological polar surface area (TPSA) is 32.8 Å². The fourth-order valence-electron chi connectivity index (χ4n) is 1.66. The Morgan fingerprint density at radius 3 is 2.64 bits per heavy atom. The van der Waals surface area contributed by atoms with Gasteiger partial charge in [-0.25, -0.2) is 4.79 Å². The van der Waals surface area contributed by atoms with Crippen molar-refractivity contribution in [2.45, 2.75) is 25.9 Å². The molecule has 1 heterocycles. The summed E-state index contributed by atoms with van der Waals surface area (Å²) in [5.41, 5.74) is 0. The highest BCUT2D eigenvalue weighted by atomic mass is 16.5. The van der Waals surface area contributed by atoms with Crippen LogP contribution in [-0.4, -0.2) is 55.7 Å². The monoisotopic (exact) mass is 200 g/mol. The molecule has 1 saturated heterocycles. The van der Waals surface area contributed by atoms with Crippen molar-refractivity contribution in [1.29, 1.82) is 0 Å². The highest BCUT2D eigenvalue weighted by Crippen LogP contribution is 2.13. The van der Waals surface area contributed by atoms with Gasteiger partial charge in [0, 0.05) is 33.8 Å². The number of nitrogens with zero attached hydrogens (tertiary/aromatic N) is 2. The van der Waals surface area contributed by atoms with Gasteiger partial charge in [0.05, 0.1) is 6.10 Å². The van der Waals surface area contributed by atoms with Crippen LogP contribution in [0.25, 0.3) is 0 Å². The van der Waals surface area contributed by atoms with Gasteiger partial charge in [0.15, 0.2) is 0 Å². The Hall–Kier alpha value is -0.770. The van der Waals surface area contributed by atoms with Crippen LogP contribution in [0.2, 0.25) is 0 Å². The Morgan fingerprint density at radius 2 is 2.21 bits per heavy atom. The molecule has 0 aromatic heterocycles. The second kappa shape index (κ2) is 5.20. The van der Waals surface area contributed by atoms with E-state index in [9.17, 15) is 4.79 Å². The number of ether oxygens (including phenoxy) is 1. The minimum absolute atomic E-state index is 0.0722. The van der Waals surface area contributed by atoms with E-state index in [1.165, 1.54) is 0 Å². The molecule has 0 bridgehead atoms. The van der Waals surface area contributed by atoms with Crippen molar-refractivity contribution in [1.82, 2.24) is 9.80 Å². The molecule has 4 heteroatoms.